The number of phosphoric ester groups is 1. The predicted molar refractivity (Wildman–Crippen MR) is 255 cm³/mol. The lowest BCUT2D eigenvalue weighted by Crippen LogP contribution is -2.37. The minimum Gasteiger partial charge on any atom is -0.756 e. The van der Waals surface area contributed by atoms with Gasteiger partial charge in [0.1, 0.15) is 19.8 Å². The fraction of sp³-hybridized carbons (Fsp3) is 0.922. The van der Waals surface area contributed by atoms with Gasteiger partial charge in [-0.15, -0.1) is 6.58 Å². The van der Waals surface area contributed by atoms with Gasteiger partial charge in [-0.05, 0) is 25.7 Å². The average molecular weight is 886 g/mol. The van der Waals surface area contributed by atoms with Crippen LogP contribution in [0, 0.1) is 0 Å². The SMILES string of the molecule is C=CCCCCCCCCCCCCCCCC(=O)OC[C@H](COP(=O)([O-])OCC[N+](C)(C)C)OC(=O)CCCCCCCCCCCCCCCCCCCCCCCC. The highest BCUT2D eigenvalue weighted by Gasteiger charge is 2.21. The van der Waals surface area contributed by atoms with E-state index in [1.54, 1.807) is 0 Å². The molecule has 9 nitrogen and oxygen atoms in total. The van der Waals surface area contributed by atoms with Crippen molar-refractivity contribution in [2.45, 2.75) is 257 Å². The minimum atomic E-state index is -4.62. The molecule has 10 heteroatoms. The van der Waals surface area contributed by atoms with Crippen LogP contribution in [-0.2, 0) is 32.7 Å². The van der Waals surface area contributed by atoms with Crippen molar-refractivity contribution in [2.75, 3.05) is 47.5 Å². The number of esters is 2. The van der Waals surface area contributed by atoms with E-state index in [2.05, 4.69) is 13.5 Å². The van der Waals surface area contributed by atoms with Crippen LogP contribution in [0.3, 0.4) is 0 Å². The number of nitrogens with zero attached hydrogens (tertiary/aromatic N) is 1. The third-order valence-electron chi connectivity index (χ3n) is 11.7. The molecule has 1 unspecified atom stereocenters. The van der Waals surface area contributed by atoms with E-state index in [4.69, 9.17) is 18.5 Å². The first kappa shape index (κ1) is 59.8. The van der Waals surface area contributed by atoms with Crippen molar-refractivity contribution in [3.05, 3.63) is 12.7 Å². The number of ether oxygens (including phenoxy) is 2. The molecule has 2 atom stereocenters. The number of likely N-dealkylation sites (N-methyl/N-ethyl adjacent to an activating group) is 1. The second-order valence-corrected chi connectivity index (χ2v) is 20.4. The van der Waals surface area contributed by atoms with Gasteiger partial charge >= 0.3 is 11.9 Å². The Labute approximate surface area is 377 Å². The maximum absolute atomic E-state index is 12.7. The lowest BCUT2D eigenvalue weighted by atomic mass is 10.0. The van der Waals surface area contributed by atoms with Crippen LogP contribution >= 0.6 is 7.82 Å². The fourth-order valence-electron chi connectivity index (χ4n) is 7.64. The Morgan fingerprint density at radius 2 is 0.869 bits per heavy atom. The summed E-state index contributed by atoms with van der Waals surface area (Å²) in [5, 5.41) is 0. The average Bonchev–Trinajstić information content (AvgIpc) is 3.21. The molecule has 0 amide bonds. The summed E-state index contributed by atoms with van der Waals surface area (Å²) in [7, 11) is 1.18. The largest absolute Gasteiger partial charge is 0.756 e. The van der Waals surface area contributed by atoms with Crippen molar-refractivity contribution in [2.24, 2.45) is 0 Å². The Balaban J connectivity index is 4.16. The first-order chi connectivity index (χ1) is 29.5. The number of rotatable bonds is 49. The van der Waals surface area contributed by atoms with Crippen LogP contribution in [0.1, 0.15) is 251 Å². The molecule has 0 aromatic rings. The van der Waals surface area contributed by atoms with Gasteiger partial charge in [-0.3, -0.25) is 14.2 Å². The van der Waals surface area contributed by atoms with E-state index in [1.165, 1.54) is 186 Å². The zero-order valence-corrected chi connectivity index (χ0v) is 41.6. The Hall–Kier alpha value is -1.25. The van der Waals surface area contributed by atoms with E-state index in [1.807, 2.05) is 27.2 Å². The first-order valence-electron chi connectivity index (χ1n) is 25.9. The summed E-state index contributed by atoms with van der Waals surface area (Å²) in [5.41, 5.74) is 0. The standard InChI is InChI=1S/C51H100NO8P/c1-6-8-10-12-14-16-18-20-22-23-24-25-26-27-28-30-32-34-36-38-40-42-44-51(54)60-49(48-59-61(55,56)58-46-45-52(3,4)5)47-57-50(53)43-41-39-37-35-33-31-29-21-19-17-15-13-11-9-7-2/h7,49H,2,6,8-48H2,1,3-5H3/t49-/m1/s1. The van der Waals surface area contributed by atoms with Crippen LogP contribution in [0.4, 0.5) is 0 Å². The second-order valence-electron chi connectivity index (χ2n) is 19.0. The van der Waals surface area contributed by atoms with Gasteiger partial charge in [0.05, 0.1) is 27.7 Å². The highest BCUT2D eigenvalue weighted by atomic mass is 31.2. The molecule has 0 radical (unpaired) electrons. The van der Waals surface area contributed by atoms with E-state index < -0.39 is 26.5 Å². The van der Waals surface area contributed by atoms with Crippen LogP contribution in [0.25, 0.3) is 0 Å². The van der Waals surface area contributed by atoms with Crippen LogP contribution in [-0.4, -0.2) is 70.0 Å². The number of carbonyl (C=O) groups excluding carboxylic acids is 2. The third-order valence-corrected chi connectivity index (χ3v) is 12.6. The van der Waals surface area contributed by atoms with Crippen molar-refractivity contribution in [3.8, 4) is 0 Å². The topological polar surface area (TPSA) is 111 Å². The van der Waals surface area contributed by atoms with Crippen LogP contribution in [0.5, 0.6) is 0 Å². The van der Waals surface area contributed by atoms with Gasteiger partial charge in [0, 0.05) is 12.8 Å². The molecule has 0 bridgehead atoms. The number of phosphoric acid groups is 1. The molecule has 0 aromatic heterocycles. The lowest BCUT2D eigenvalue weighted by Gasteiger charge is -2.28. The number of quaternary nitrogens is 1. The van der Waals surface area contributed by atoms with E-state index >= 15 is 0 Å². The van der Waals surface area contributed by atoms with Gasteiger partial charge in [-0.25, -0.2) is 0 Å². The molecule has 0 aromatic carbocycles. The third kappa shape index (κ3) is 48.1. The van der Waals surface area contributed by atoms with Crippen molar-refractivity contribution in [1.82, 2.24) is 0 Å². The molecule has 0 aliphatic heterocycles. The number of unbranched alkanes of at least 4 members (excludes halogenated alkanes) is 34. The summed E-state index contributed by atoms with van der Waals surface area (Å²) in [5.74, 6) is -0.821. The van der Waals surface area contributed by atoms with Crippen molar-refractivity contribution in [1.29, 1.82) is 0 Å². The van der Waals surface area contributed by atoms with Gasteiger partial charge in [-0.1, -0.05) is 218 Å². The summed E-state index contributed by atoms with van der Waals surface area (Å²) in [6, 6.07) is 0. The highest BCUT2D eigenvalue weighted by Crippen LogP contribution is 2.38. The Morgan fingerprint density at radius 1 is 0.525 bits per heavy atom. The van der Waals surface area contributed by atoms with Gasteiger partial charge < -0.3 is 27.9 Å². The summed E-state index contributed by atoms with van der Waals surface area (Å²) >= 11 is 0. The quantitative estimate of drug-likeness (QED) is 0.0195. The summed E-state index contributed by atoms with van der Waals surface area (Å²) in [6.45, 7) is 5.80. The molecule has 0 aliphatic rings. The zero-order chi connectivity index (χ0) is 45.0. The normalized spacial score (nSPS) is 13.3. The fourth-order valence-corrected chi connectivity index (χ4v) is 8.37. The van der Waals surface area contributed by atoms with Gasteiger partial charge in [-0.2, -0.15) is 0 Å². The molecule has 0 rings (SSSR count). The summed E-state index contributed by atoms with van der Waals surface area (Å²) in [4.78, 5) is 37.7. The maximum atomic E-state index is 12.7. The molecule has 362 valence electrons. The molecule has 0 aliphatic carbocycles. The molecule has 0 fully saturated rings. The molecule has 61 heavy (non-hydrogen) atoms. The second kappa shape index (κ2) is 44.0. The van der Waals surface area contributed by atoms with Crippen molar-refractivity contribution in [3.63, 3.8) is 0 Å². The number of carbonyl (C=O) groups is 2. The number of allylic oxidation sites excluding steroid dienone is 1. The summed E-state index contributed by atoms with van der Waals surface area (Å²) in [6.07, 6.45) is 47.1. The van der Waals surface area contributed by atoms with E-state index in [-0.39, 0.29) is 32.0 Å². The minimum absolute atomic E-state index is 0.0276. The molecule has 0 saturated heterocycles. The van der Waals surface area contributed by atoms with E-state index in [0.717, 1.165) is 38.5 Å². The molecular formula is C51H100NO8P. The van der Waals surface area contributed by atoms with Gasteiger partial charge in [0.25, 0.3) is 7.82 Å². The molecule has 0 saturated carbocycles. The zero-order valence-electron chi connectivity index (χ0n) is 40.7. The van der Waals surface area contributed by atoms with Gasteiger partial charge in [0.15, 0.2) is 6.10 Å². The first-order valence-corrected chi connectivity index (χ1v) is 27.3. The molecule has 0 heterocycles. The van der Waals surface area contributed by atoms with Crippen LogP contribution < -0.4 is 4.89 Å². The van der Waals surface area contributed by atoms with E-state index in [0.29, 0.717) is 17.4 Å². The molecule has 0 N–H and O–H groups in total. The smallest absolute Gasteiger partial charge is 0.306 e. The number of hydrogen-bond acceptors (Lipinski definition) is 8. The summed E-state index contributed by atoms with van der Waals surface area (Å²) < 4.78 is 34.1. The Bertz CT molecular complexity index is 1030. The predicted octanol–water partition coefficient (Wildman–Crippen LogP) is 14.7. The Kier molecular flexibility index (Phi) is 43.1. The molecular weight excluding hydrogens is 786 g/mol. The lowest BCUT2D eigenvalue weighted by molar-refractivity contribution is -0.870. The van der Waals surface area contributed by atoms with Crippen molar-refractivity contribution < 1.29 is 42.1 Å². The molecule has 0 spiro atoms. The van der Waals surface area contributed by atoms with Gasteiger partial charge in [0.2, 0.25) is 0 Å². The Morgan fingerprint density at radius 3 is 1.23 bits per heavy atom. The van der Waals surface area contributed by atoms with Crippen LogP contribution in [0.15, 0.2) is 12.7 Å². The van der Waals surface area contributed by atoms with E-state index in [9.17, 15) is 19.0 Å². The maximum Gasteiger partial charge on any atom is 0.306 e. The van der Waals surface area contributed by atoms with Crippen molar-refractivity contribution >= 4 is 19.8 Å². The highest BCUT2D eigenvalue weighted by molar-refractivity contribution is 7.45. The number of hydrogen-bond donors (Lipinski definition) is 0. The monoisotopic (exact) mass is 886 g/mol. The van der Waals surface area contributed by atoms with Crippen LogP contribution in [0.2, 0.25) is 0 Å².